The maximum absolute atomic E-state index is 13.0. The topological polar surface area (TPSA) is 49.4 Å². The molecular weight excluding hydrogens is 279 g/mol. The number of halogens is 2. The molecule has 0 aliphatic carbocycles. The third kappa shape index (κ3) is 3.00. The summed E-state index contributed by atoms with van der Waals surface area (Å²) in [5, 5.41) is 3.05. The smallest absolute Gasteiger partial charge is 0.243 e. The van der Waals surface area contributed by atoms with Gasteiger partial charge in [0, 0.05) is 19.1 Å². The zero-order valence-electron chi connectivity index (χ0n) is 9.97. The number of likely N-dealkylation sites (N-methyl/N-ethyl adjacent to an activating group) is 1. The van der Waals surface area contributed by atoms with E-state index in [4.69, 9.17) is 0 Å². The molecule has 0 saturated carbocycles. The van der Waals surface area contributed by atoms with E-state index in [9.17, 15) is 12.8 Å². The van der Waals surface area contributed by atoms with Crippen LogP contribution >= 0.6 is 12.4 Å². The van der Waals surface area contributed by atoms with Crippen LogP contribution in [0.2, 0.25) is 0 Å². The van der Waals surface area contributed by atoms with Gasteiger partial charge < -0.3 is 5.32 Å². The zero-order chi connectivity index (χ0) is 12.5. The first-order chi connectivity index (χ1) is 8.04. The van der Waals surface area contributed by atoms with E-state index in [0.717, 1.165) is 12.5 Å². The van der Waals surface area contributed by atoms with Crippen molar-refractivity contribution in [3.05, 3.63) is 30.1 Å². The van der Waals surface area contributed by atoms with Crippen molar-refractivity contribution in [3.63, 3.8) is 0 Å². The van der Waals surface area contributed by atoms with Crippen molar-refractivity contribution < 1.29 is 12.8 Å². The van der Waals surface area contributed by atoms with Crippen LogP contribution < -0.4 is 5.32 Å². The number of hydrogen-bond donors (Lipinski definition) is 1. The molecule has 7 heteroatoms. The Hall–Kier alpha value is -0.690. The number of rotatable bonds is 3. The van der Waals surface area contributed by atoms with Crippen molar-refractivity contribution in [2.24, 2.45) is 0 Å². The Kier molecular flexibility index (Phi) is 5.10. The van der Waals surface area contributed by atoms with Crippen LogP contribution in [0, 0.1) is 5.82 Å². The number of nitrogens with zero attached hydrogens (tertiary/aromatic N) is 1. The molecule has 1 aliphatic heterocycles. The van der Waals surface area contributed by atoms with Gasteiger partial charge in [0.15, 0.2) is 0 Å². The lowest BCUT2D eigenvalue weighted by atomic mass is 10.3. The molecule has 1 aliphatic rings. The molecule has 4 nitrogen and oxygen atoms in total. The van der Waals surface area contributed by atoms with E-state index in [1.165, 1.54) is 22.5 Å². The second-order valence-electron chi connectivity index (χ2n) is 4.09. The Bertz CT molecular complexity index is 510. The lowest BCUT2D eigenvalue weighted by molar-refractivity contribution is 0.464. The van der Waals surface area contributed by atoms with E-state index >= 15 is 0 Å². The van der Waals surface area contributed by atoms with Gasteiger partial charge in [-0.25, -0.2) is 12.8 Å². The van der Waals surface area contributed by atoms with Crippen LogP contribution in [0.1, 0.15) is 6.42 Å². The van der Waals surface area contributed by atoms with Gasteiger partial charge in [-0.15, -0.1) is 12.4 Å². The number of sulfonamides is 1. The molecule has 0 unspecified atom stereocenters. The molecule has 1 aromatic carbocycles. The molecule has 1 heterocycles. The molecular formula is C11H16ClFN2O2S. The maximum atomic E-state index is 13.0. The monoisotopic (exact) mass is 294 g/mol. The van der Waals surface area contributed by atoms with Crippen molar-refractivity contribution in [3.8, 4) is 0 Å². The molecule has 1 N–H and O–H groups in total. The number of benzene rings is 1. The second-order valence-corrected chi connectivity index (χ2v) is 6.03. The lowest BCUT2D eigenvalue weighted by Crippen LogP contribution is -2.33. The maximum Gasteiger partial charge on any atom is 0.243 e. The summed E-state index contributed by atoms with van der Waals surface area (Å²) in [6.45, 7) is 0.916. The Morgan fingerprint density at radius 1 is 1.44 bits per heavy atom. The summed E-state index contributed by atoms with van der Waals surface area (Å²) in [5.41, 5.74) is 0. The third-order valence-corrected chi connectivity index (χ3v) is 4.85. The van der Waals surface area contributed by atoms with Crippen LogP contribution in [-0.4, -0.2) is 38.9 Å². The van der Waals surface area contributed by atoms with E-state index in [1.54, 1.807) is 0 Å². The Balaban J connectivity index is 0.00000162. The van der Waals surface area contributed by atoms with Crippen molar-refractivity contribution in [1.29, 1.82) is 0 Å². The Labute approximate surface area is 113 Å². The molecule has 2 rings (SSSR count). The molecule has 0 radical (unpaired) electrons. The second kappa shape index (κ2) is 5.97. The highest BCUT2D eigenvalue weighted by Gasteiger charge is 2.31. The van der Waals surface area contributed by atoms with E-state index in [-0.39, 0.29) is 23.3 Å². The predicted molar refractivity (Wildman–Crippen MR) is 69.9 cm³/mol. The minimum atomic E-state index is -3.55. The molecule has 1 aromatic rings. The van der Waals surface area contributed by atoms with Gasteiger partial charge in [-0.05, 0) is 31.7 Å². The highest BCUT2D eigenvalue weighted by Crippen LogP contribution is 2.21. The summed E-state index contributed by atoms with van der Waals surface area (Å²) in [7, 11) is -1.74. The highest BCUT2D eigenvalue weighted by molar-refractivity contribution is 7.89. The van der Waals surface area contributed by atoms with Gasteiger partial charge in [0.25, 0.3) is 0 Å². The Morgan fingerprint density at radius 3 is 2.72 bits per heavy atom. The van der Waals surface area contributed by atoms with Crippen LogP contribution in [0.5, 0.6) is 0 Å². The summed E-state index contributed by atoms with van der Waals surface area (Å²) in [4.78, 5) is 0.0225. The molecule has 0 spiro atoms. The largest absolute Gasteiger partial charge is 0.316 e. The summed E-state index contributed by atoms with van der Waals surface area (Å²) in [6.07, 6.45) is 0.783. The van der Waals surface area contributed by atoms with Crippen LogP contribution in [0.4, 0.5) is 4.39 Å². The van der Waals surface area contributed by atoms with Crippen LogP contribution in [0.25, 0.3) is 0 Å². The molecule has 1 atom stereocenters. The quantitative estimate of drug-likeness (QED) is 0.912. The van der Waals surface area contributed by atoms with Gasteiger partial charge in [0.1, 0.15) is 5.82 Å². The predicted octanol–water partition coefficient (Wildman–Crippen LogP) is 1.23. The molecule has 1 fully saturated rings. The normalized spacial score (nSPS) is 20.7. The summed E-state index contributed by atoms with van der Waals surface area (Å²) < 4.78 is 38.8. The molecule has 0 bridgehead atoms. The fourth-order valence-electron chi connectivity index (χ4n) is 1.96. The minimum absolute atomic E-state index is 0. The van der Waals surface area contributed by atoms with Gasteiger partial charge >= 0.3 is 0 Å². The fraction of sp³-hybridized carbons (Fsp3) is 0.455. The van der Waals surface area contributed by atoms with Crippen molar-refractivity contribution >= 4 is 22.4 Å². The molecule has 18 heavy (non-hydrogen) atoms. The first-order valence-electron chi connectivity index (χ1n) is 5.47. The first kappa shape index (κ1) is 15.4. The van der Waals surface area contributed by atoms with Crippen LogP contribution in [0.3, 0.4) is 0 Å². The van der Waals surface area contributed by atoms with Gasteiger partial charge in [0.2, 0.25) is 10.0 Å². The average Bonchev–Trinajstić information content (AvgIpc) is 2.78. The van der Waals surface area contributed by atoms with Gasteiger partial charge in [-0.2, -0.15) is 4.31 Å². The lowest BCUT2D eigenvalue weighted by Gasteiger charge is -2.16. The summed E-state index contributed by atoms with van der Waals surface area (Å²) in [5.74, 6) is -0.532. The molecule has 102 valence electrons. The van der Waals surface area contributed by atoms with E-state index in [2.05, 4.69) is 5.32 Å². The van der Waals surface area contributed by atoms with E-state index in [1.807, 2.05) is 7.05 Å². The van der Waals surface area contributed by atoms with E-state index < -0.39 is 15.8 Å². The molecule has 0 amide bonds. The summed E-state index contributed by atoms with van der Waals surface area (Å²) >= 11 is 0. The standard InChI is InChI=1S/C11H15FN2O2S.ClH/c1-13-10-5-6-14(8-10)17(15,16)11-4-2-3-9(12)7-11;/h2-4,7,10,13H,5-6,8H2,1H3;1H/t10-;/m0./s1. The third-order valence-electron chi connectivity index (χ3n) is 2.99. The highest BCUT2D eigenvalue weighted by atomic mass is 35.5. The molecule has 0 aromatic heterocycles. The molecule has 1 saturated heterocycles. The SMILES string of the molecule is CN[C@H]1CCN(S(=O)(=O)c2cccc(F)c2)C1.Cl. The van der Waals surface area contributed by atoms with E-state index in [0.29, 0.717) is 13.1 Å². The first-order valence-corrected chi connectivity index (χ1v) is 6.91. The summed E-state index contributed by atoms with van der Waals surface area (Å²) in [6, 6.07) is 5.30. The fourth-order valence-corrected chi connectivity index (χ4v) is 3.49. The van der Waals surface area contributed by atoms with Gasteiger partial charge in [-0.1, -0.05) is 6.07 Å². The average molecular weight is 295 g/mol. The van der Waals surface area contributed by atoms with Gasteiger partial charge in [-0.3, -0.25) is 0 Å². The Morgan fingerprint density at radius 2 is 2.17 bits per heavy atom. The zero-order valence-corrected chi connectivity index (χ0v) is 11.6. The van der Waals surface area contributed by atoms with Crippen molar-refractivity contribution in [1.82, 2.24) is 9.62 Å². The number of nitrogens with one attached hydrogen (secondary N) is 1. The van der Waals surface area contributed by atoms with Crippen molar-refractivity contribution in [2.75, 3.05) is 20.1 Å². The van der Waals surface area contributed by atoms with Crippen LogP contribution in [0.15, 0.2) is 29.2 Å². The van der Waals surface area contributed by atoms with Crippen molar-refractivity contribution in [2.45, 2.75) is 17.4 Å². The van der Waals surface area contributed by atoms with Crippen LogP contribution in [-0.2, 0) is 10.0 Å². The van der Waals surface area contributed by atoms with Gasteiger partial charge in [0.05, 0.1) is 4.90 Å². The number of hydrogen-bond acceptors (Lipinski definition) is 3. The minimum Gasteiger partial charge on any atom is -0.316 e.